The number of amides is 1. The van der Waals surface area contributed by atoms with Crippen molar-refractivity contribution in [2.75, 3.05) is 11.9 Å². The number of carboxylic acids is 1. The maximum absolute atomic E-state index is 12.8. The van der Waals surface area contributed by atoms with Gasteiger partial charge in [-0.2, -0.15) is 0 Å². The first kappa shape index (κ1) is 17.9. The highest BCUT2D eigenvalue weighted by Gasteiger charge is 2.33. The number of aliphatic carboxylic acids is 1. The van der Waals surface area contributed by atoms with E-state index in [-0.39, 0.29) is 12.3 Å². The number of rotatable bonds is 7. The van der Waals surface area contributed by atoms with Crippen LogP contribution in [0.15, 0.2) is 29.6 Å². The monoisotopic (exact) mass is 378 g/mol. The highest BCUT2D eigenvalue weighted by Crippen LogP contribution is 2.38. The maximum Gasteiger partial charge on any atom is 0.304 e. The topological polar surface area (TPSA) is 70.5 Å². The third-order valence-corrected chi connectivity index (χ3v) is 5.59. The van der Waals surface area contributed by atoms with Crippen LogP contribution in [0.3, 0.4) is 0 Å². The van der Waals surface area contributed by atoms with E-state index in [9.17, 15) is 9.59 Å². The van der Waals surface area contributed by atoms with Gasteiger partial charge in [0.2, 0.25) is 5.91 Å². The molecule has 1 fully saturated rings. The van der Waals surface area contributed by atoms with Gasteiger partial charge in [0.1, 0.15) is 0 Å². The molecule has 1 amide bonds. The van der Waals surface area contributed by atoms with Crippen molar-refractivity contribution in [2.45, 2.75) is 25.7 Å². The Morgan fingerprint density at radius 3 is 2.76 bits per heavy atom. The molecular formula is C18H19ClN2O3S. The van der Waals surface area contributed by atoms with Crippen LogP contribution in [0.5, 0.6) is 0 Å². The average Bonchev–Trinajstić information content (AvgIpc) is 3.26. The smallest absolute Gasteiger partial charge is 0.304 e. The normalized spacial score (nSPS) is 15.0. The first-order chi connectivity index (χ1) is 12.0. The summed E-state index contributed by atoms with van der Waals surface area (Å²) in [5.74, 6) is -1.14. The molecule has 1 saturated carbocycles. The fraction of sp³-hybridized carbons (Fsp3) is 0.389. The number of carbonyl (C=O) groups is 2. The number of hydrogen-bond donors (Lipinski definition) is 1. The van der Waals surface area contributed by atoms with E-state index in [1.165, 1.54) is 16.2 Å². The molecule has 1 aliphatic carbocycles. The molecular weight excluding hydrogens is 360 g/mol. The van der Waals surface area contributed by atoms with Gasteiger partial charge in [-0.25, -0.2) is 4.98 Å². The Kier molecular flexibility index (Phi) is 5.39. The van der Waals surface area contributed by atoms with E-state index in [0.29, 0.717) is 28.2 Å². The highest BCUT2D eigenvalue weighted by atomic mass is 35.5. The third kappa shape index (κ3) is 4.38. The molecule has 0 unspecified atom stereocenters. The van der Waals surface area contributed by atoms with E-state index in [2.05, 4.69) is 4.98 Å². The summed E-state index contributed by atoms with van der Waals surface area (Å²) >= 11 is 7.55. The van der Waals surface area contributed by atoms with Gasteiger partial charge in [-0.1, -0.05) is 42.6 Å². The molecule has 0 saturated heterocycles. The van der Waals surface area contributed by atoms with Crippen molar-refractivity contribution < 1.29 is 14.7 Å². The molecule has 5 nitrogen and oxygen atoms in total. The molecule has 0 bridgehead atoms. The standard InChI is InChI=1S/C18H19ClN2O3S/c1-21(17(24)12(9-16(22)23)8-11-6-7-11)18-20-15(10-25-18)13-4-2-3-5-14(13)19/h2-5,10-12H,6-9H2,1H3,(H,22,23)/t12-/m1/s1. The van der Waals surface area contributed by atoms with E-state index in [1.807, 2.05) is 23.6 Å². The van der Waals surface area contributed by atoms with E-state index in [4.69, 9.17) is 16.7 Å². The molecule has 132 valence electrons. The Bertz CT molecular complexity index is 788. The van der Waals surface area contributed by atoms with E-state index in [0.717, 1.165) is 18.4 Å². The zero-order valence-corrected chi connectivity index (χ0v) is 15.4. The fourth-order valence-corrected chi connectivity index (χ4v) is 3.85. The summed E-state index contributed by atoms with van der Waals surface area (Å²) < 4.78 is 0. The van der Waals surface area contributed by atoms with Crippen LogP contribution in [0, 0.1) is 11.8 Å². The number of anilines is 1. The lowest BCUT2D eigenvalue weighted by Gasteiger charge is -2.20. The van der Waals surface area contributed by atoms with Gasteiger partial charge in [-0.15, -0.1) is 11.3 Å². The number of carbonyl (C=O) groups excluding carboxylic acids is 1. The summed E-state index contributed by atoms with van der Waals surface area (Å²) in [7, 11) is 1.65. The van der Waals surface area contributed by atoms with Gasteiger partial charge < -0.3 is 5.11 Å². The summed E-state index contributed by atoms with van der Waals surface area (Å²) in [5, 5.41) is 12.1. The Morgan fingerprint density at radius 1 is 1.40 bits per heavy atom. The minimum atomic E-state index is -0.941. The SMILES string of the molecule is CN(C(=O)[C@@H](CC(=O)O)CC1CC1)c1nc(-c2ccccc2Cl)cs1. The molecule has 1 heterocycles. The number of thiazole rings is 1. The third-order valence-electron chi connectivity index (χ3n) is 4.34. The van der Waals surface area contributed by atoms with E-state index in [1.54, 1.807) is 13.1 Å². The molecule has 0 aliphatic heterocycles. The van der Waals surface area contributed by atoms with Crippen molar-refractivity contribution in [3.63, 3.8) is 0 Å². The minimum absolute atomic E-state index is 0.136. The molecule has 1 aliphatic rings. The zero-order chi connectivity index (χ0) is 18.0. The molecule has 0 radical (unpaired) electrons. The van der Waals surface area contributed by atoms with Gasteiger partial charge in [-0.3, -0.25) is 14.5 Å². The van der Waals surface area contributed by atoms with Crippen LogP contribution in [0.1, 0.15) is 25.7 Å². The number of nitrogens with zero attached hydrogens (tertiary/aromatic N) is 2. The molecule has 3 rings (SSSR count). The maximum atomic E-state index is 12.8. The zero-order valence-electron chi connectivity index (χ0n) is 13.8. The van der Waals surface area contributed by atoms with Crippen molar-refractivity contribution in [3.8, 4) is 11.3 Å². The van der Waals surface area contributed by atoms with Crippen LogP contribution < -0.4 is 4.90 Å². The van der Waals surface area contributed by atoms with Crippen molar-refractivity contribution in [3.05, 3.63) is 34.7 Å². The summed E-state index contributed by atoms with van der Waals surface area (Å²) in [6.07, 6.45) is 2.67. The molecule has 25 heavy (non-hydrogen) atoms. The van der Waals surface area contributed by atoms with Crippen LogP contribution in [0.25, 0.3) is 11.3 Å². The van der Waals surface area contributed by atoms with Gasteiger partial charge in [0.15, 0.2) is 5.13 Å². The average molecular weight is 379 g/mol. The molecule has 1 aromatic carbocycles. The second-order valence-electron chi connectivity index (χ2n) is 6.37. The number of benzene rings is 1. The second-order valence-corrected chi connectivity index (χ2v) is 7.61. The molecule has 1 atom stereocenters. The van der Waals surface area contributed by atoms with Crippen molar-refractivity contribution >= 4 is 39.9 Å². The van der Waals surface area contributed by atoms with Crippen molar-refractivity contribution in [1.82, 2.24) is 4.98 Å². The lowest BCUT2D eigenvalue weighted by molar-refractivity contribution is -0.140. The van der Waals surface area contributed by atoms with Crippen LogP contribution >= 0.6 is 22.9 Å². The first-order valence-corrected chi connectivity index (χ1v) is 9.41. The number of hydrogen-bond acceptors (Lipinski definition) is 4. The van der Waals surface area contributed by atoms with Gasteiger partial charge >= 0.3 is 5.97 Å². The first-order valence-electron chi connectivity index (χ1n) is 8.15. The molecule has 1 aromatic heterocycles. The summed E-state index contributed by atoms with van der Waals surface area (Å²) in [6.45, 7) is 0. The van der Waals surface area contributed by atoms with Gasteiger partial charge in [0.25, 0.3) is 0 Å². The van der Waals surface area contributed by atoms with Crippen molar-refractivity contribution in [1.29, 1.82) is 0 Å². The van der Waals surface area contributed by atoms with Crippen LogP contribution in [0.2, 0.25) is 5.02 Å². The van der Waals surface area contributed by atoms with Crippen LogP contribution in [-0.2, 0) is 9.59 Å². The molecule has 1 N–H and O–H groups in total. The molecule has 2 aromatic rings. The Balaban J connectivity index is 1.77. The Morgan fingerprint density at radius 2 is 2.12 bits per heavy atom. The summed E-state index contributed by atoms with van der Waals surface area (Å²) in [4.78, 5) is 29.8. The van der Waals surface area contributed by atoms with Gasteiger partial charge in [0, 0.05) is 28.9 Å². The Hall–Kier alpha value is -1.92. The number of halogens is 1. The second kappa shape index (κ2) is 7.54. The summed E-state index contributed by atoms with van der Waals surface area (Å²) in [5.41, 5.74) is 1.52. The number of aromatic nitrogens is 1. The largest absolute Gasteiger partial charge is 0.481 e. The fourth-order valence-electron chi connectivity index (χ4n) is 2.82. The van der Waals surface area contributed by atoms with Crippen molar-refractivity contribution in [2.24, 2.45) is 11.8 Å². The summed E-state index contributed by atoms with van der Waals surface area (Å²) in [6, 6.07) is 7.41. The molecule has 0 spiro atoms. The van der Waals surface area contributed by atoms with Gasteiger partial charge in [-0.05, 0) is 18.4 Å². The predicted molar refractivity (Wildman–Crippen MR) is 99.1 cm³/mol. The molecule has 7 heteroatoms. The van der Waals surface area contributed by atoms with E-state index < -0.39 is 11.9 Å². The lowest BCUT2D eigenvalue weighted by Crippen LogP contribution is -2.34. The van der Waals surface area contributed by atoms with E-state index >= 15 is 0 Å². The predicted octanol–water partition coefficient (Wildman–Crippen LogP) is 4.32. The van der Waals surface area contributed by atoms with Crippen LogP contribution in [-0.4, -0.2) is 29.0 Å². The highest BCUT2D eigenvalue weighted by molar-refractivity contribution is 7.14. The minimum Gasteiger partial charge on any atom is -0.481 e. The van der Waals surface area contributed by atoms with Gasteiger partial charge in [0.05, 0.1) is 12.1 Å². The number of carboxylic acid groups (broad SMARTS) is 1. The quantitative estimate of drug-likeness (QED) is 0.778. The Labute approximate surface area is 155 Å². The lowest BCUT2D eigenvalue weighted by atomic mass is 9.97. The van der Waals surface area contributed by atoms with Crippen LogP contribution in [0.4, 0.5) is 5.13 Å².